The van der Waals surface area contributed by atoms with Gasteiger partial charge in [-0.3, -0.25) is 4.79 Å². The van der Waals surface area contributed by atoms with Crippen LogP contribution in [-0.4, -0.2) is 62.9 Å². The van der Waals surface area contributed by atoms with Crippen LogP contribution in [0, 0.1) is 23.1 Å². The van der Waals surface area contributed by atoms with Crippen molar-refractivity contribution in [3.8, 4) is 0 Å². The van der Waals surface area contributed by atoms with Gasteiger partial charge in [-0.25, -0.2) is 17.1 Å². The predicted octanol–water partition coefficient (Wildman–Crippen LogP) is 4.33. The van der Waals surface area contributed by atoms with E-state index in [-0.39, 0.29) is 63.9 Å². The van der Waals surface area contributed by atoms with E-state index in [0.717, 1.165) is 25.7 Å². The smallest absolute Gasteiger partial charge is 0.224 e. The number of hydrogen-bond donors (Lipinski definition) is 1. The normalized spacial score (nSPS) is 31.0. The van der Waals surface area contributed by atoms with Crippen molar-refractivity contribution in [1.82, 2.24) is 9.62 Å². The van der Waals surface area contributed by atoms with Crippen molar-refractivity contribution >= 4 is 39.1 Å². The van der Waals surface area contributed by atoms with E-state index in [1.54, 1.807) is 0 Å². The fraction of sp³-hybridized carbons (Fsp3) is 0.720. The summed E-state index contributed by atoms with van der Waals surface area (Å²) in [5.41, 5.74) is -0.172. The molecular formula is C25H33Cl2FN2O5S. The summed E-state index contributed by atoms with van der Waals surface area (Å²) < 4.78 is 53.9. The number of fused-ring (bicyclic) bond motifs is 1. The van der Waals surface area contributed by atoms with Crippen molar-refractivity contribution in [1.29, 1.82) is 0 Å². The molecule has 5 rings (SSSR count). The average Bonchev–Trinajstić information content (AvgIpc) is 3.60. The molecule has 11 heteroatoms. The number of nitrogens with zero attached hydrogens (tertiary/aromatic N) is 1. The largest absolute Gasteiger partial charge is 0.378 e. The van der Waals surface area contributed by atoms with Gasteiger partial charge in [-0.2, -0.15) is 0 Å². The molecule has 0 spiro atoms. The first-order valence-corrected chi connectivity index (χ1v) is 15.1. The summed E-state index contributed by atoms with van der Waals surface area (Å²) in [6, 6.07) is 2.03. The highest BCUT2D eigenvalue weighted by Gasteiger charge is 2.45. The Balaban J connectivity index is 1.28. The predicted molar refractivity (Wildman–Crippen MR) is 135 cm³/mol. The van der Waals surface area contributed by atoms with E-state index in [1.807, 2.05) is 6.92 Å². The van der Waals surface area contributed by atoms with E-state index >= 15 is 4.39 Å². The molecule has 7 nitrogen and oxygen atoms in total. The molecule has 3 heterocycles. The van der Waals surface area contributed by atoms with E-state index in [2.05, 4.69) is 5.32 Å². The summed E-state index contributed by atoms with van der Waals surface area (Å²) in [5, 5.41) is 3.40. The number of carbonyl (C=O) groups is 1. The summed E-state index contributed by atoms with van der Waals surface area (Å²) in [6.07, 6.45) is 4.32. The Bertz CT molecular complexity index is 1100. The van der Waals surface area contributed by atoms with Crippen LogP contribution in [0.15, 0.2) is 12.1 Å². The van der Waals surface area contributed by atoms with Gasteiger partial charge in [-0.05, 0) is 43.2 Å². The Kier molecular flexibility index (Phi) is 7.62. The lowest BCUT2D eigenvalue weighted by molar-refractivity contribution is -0.126. The Morgan fingerprint density at radius 1 is 1.28 bits per heavy atom. The molecule has 36 heavy (non-hydrogen) atoms. The quantitative estimate of drug-likeness (QED) is 0.500. The molecular weight excluding hydrogens is 530 g/mol. The number of sulfonamides is 1. The van der Waals surface area contributed by atoms with Crippen LogP contribution in [0.1, 0.15) is 57.1 Å². The zero-order valence-corrected chi connectivity index (χ0v) is 22.7. The molecule has 5 atom stereocenters. The third kappa shape index (κ3) is 5.16. The fourth-order valence-electron chi connectivity index (χ4n) is 6.37. The van der Waals surface area contributed by atoms with Crippen LogP contribution >= 0.6 is 23.2 Å². The highest BCUT2D eigenvalue weighted by molar-refractivity contribution is 7.89. The molecule has 1 N–H and O–H groups in total. The van der Waals surface area contributed by atoms with Gasteiger partial charge in [0, 0.05) is 24.6 Å². The number of amides is 1. The first-order valence-electron chi connectivity index (χ1n) is 12.7. The third-order valence-electron chi connectivity index (χ3n) is 8.48. The number of halogens is 3. The molecule has 200 valence electrons. The second kappa shape index (κ2) is 10.3. The zero-order chi connectivity index (χ0) is 25.7. The van der Waals surface area contributed by atoms with Crippen LogP contribution in [0.3, 0.4) is 0 Å². The van der Waals surface area contributed by atoms with Gasteiger partial charge in [0.2, 0.25) is 15.9 Å². The van der Waals surface area contributed by atoms with Gasteiger partial charge in [0.05, 0.1) is 53.2 Å². The number of rotatable bonds is 7. The monoisotopic (exact) mass is 562 g/mol. The number of benzene rings is 1. The molecule has 3 saturated heterocycles. The molecule has 0 bridgehead atoms. The van der Waals surface area contributed by atoms with E-state index in [1.165, 1.54) is 16.4 Å². The number of carbonyl (C=O) groups excluding carboxylic acids is 1. The minimum absolute atomic E-state index is 0.0186. The van der Waals surface area contributed by atoms with Gasteiger partial charge in [0.1, 0.15) is 5.82 Å². The summed E-state index contributed by atoms with van der Waals surface area (Å²) in [5.74, 6) is -1.14. The molecule has 1 amide bonds. The first kappa shape index (κ1) is 26.6. The molecule has 3 aliphatic heterocycles. The minimum Gasteiger partial charge on any atom is -0.378 e. The molecule has 1 aromatic carbocycles. The van der Waals surface area contributed by atoms with Gasteiger partial charge in [-0.15, -0.1) is 0 Å². The number of hydrogen-bond acceptors (Lipinski definition) is 5. The molecule has 4 fully saturated rings. The van der Waals surface area contributed by atoms with Crippen LogP contribution < -0.4 is 5.32 Å². The molecule has 0 radical (unpaired) electrons. The lowest BCUT2D eigenvalue weighted by atomic mass is 9.76. The van der Waals surface area contributed by atoms with Crippen LogP contribution in [0.2, 0.25) is 10.0 Å². The summed E-state index contributed by atoms with van der Waals surface area (Å²) in [4.78, 5) is 13.4. The maximum atomic E-state index is 15.0. The van der Waals surface area contributed by atoms with Crippen molar-refractivity contribution in [3.05, 3.63) is 33.6 Å². The van der Waals surface area contributed by atoms with Crippen molar-refractivity contribution in [2.24, 2.45) is 17.3 Å². The van der Waals surface area contributed by atoms with E-state index in [4.69, 9.17) is 32.7 Å². The van der Waals surface area contributed by atoms with Crippen molar-refractivity contribution < 1.29 is 27.1 Å². The molecule has 1 aliphatic carbocycles. The molecule has 0 unspecified atom stereocenters. The molecule has 1 saturated carbocycles. The van der Waals surface area contributed by atoms with Crippen molar-refractivity contribution in [2.75, 3.05) is 32.1 Å². The average molecular weight is 564 g/mol. The number of nitrogens with one attached hydrogen (secondary N) is 1. The van der Waals surface area contributed by atoms with Crippen LogP contribution in [0.4, 0.5) is 4.39 Å². The number of ether oxygens (including phenoxy) is 2. The van der Waals surface area contributed by atoms with E-state index in [9.17, 15) is 13.2 Å². The van der Waals surface area contributed by atoms with E-state index < -0.39 is 27.8 Å². The second-order valence-electron chi connectivity index (χ2n) is 11.0. The molecule has 4 aliphatic rings. The summed E-state index contributed by atoms with van der Waals surface area (Å²) in [7, 11) is -3.58. The highest BCUT2D eigenvalue weighted by atomic mass is 35.5. The minimum atomic E-state index is -3.58. The summed E-state index contributed by atoms with van der Waals surface area (Å²) in [6.45, 7) is 3.55. The Morgan fingerprint density at radius 2 is 2.03 bits per heavy atom. The molecule has 0 aromatic heterocycles. The van der Waals surface area contributed by atoms with Gasteiger partial charge < -0.3 is 14.8 Å². The Labute approximate surface area is 222 Å². The van der Waals surface area contributed by atoms with Gasteiger partial charge in [0.25, 0.3) is 0 Å². The van der Waals surface area contributed by atoms with Gasteiger partial charge in [-0.1, -0.05) is 43.0 Å². The SMILES string of the molecule is CC1([C@H](NC(=O)[C@H]2CCN(S(=O)(=O)C[C@@H]3C[C@H]4COC[C@H]4O3)C2)c2c(F)ccc(Cl)c2Cl)CCCC1. The van der Waals surface area contributed by atoms with Crippen molar-refractivity contribution in [3.63, 3.8) is 0 Å². The summed E-state index contributed by atoms with van der Waals surface area (Å²) >= 11 is 12.7. The van der Waals surface area contributed by atoms with Crippen LogP contribution in [0.5, 0.6) is 0 Å². The van der Waals surface area contributed by atoms with Gasteiger partial charge >= 0.3 is 0 Å². The zero-order valence-electron chi connectivity index (χ0n) is 20.4. The lowest BCUT2D eigenvalue weighted by Crippen LogP contribution is -2.43. The Morgan fingerprint density at radius 3 is 2.75 bits per heavy atom. The van der Waals surface area contributed by atoms with Crippen LogP contribution in [-0.2, 0) is 24.3 Å². The maximum Gasteiger partial charge on any atom is 0.224 e. The second-order valence-corrected chi connectivity index (χ2v) is 13.8. The Hall–Kier alpha value is -0.970. The third-order valence-corrected chi connectivity index (χ3v) is 11.2. The first-order chi connectivity index (χ1) is 17.1. The fourth-order valence-corrected chi connectivity index (χ4v) is 8.48. The van der Waals surface area contributed by atoms with Crippen LogP contribution in [0.25, 0.3) is 0 Å². The maximum absolute atomic E-state index is 15.0. The highest BCUT2D eigenvalue weighted by Crippen LogP contribution is 2.50. The standard InChI is InChI=1S/C25H33Cl2FN2O5S/c1-25(7-2-3-8-25)23(21-19(28)5-4-18(26)22(21)27)29-24(31)15-6-9-30(11-15)36(32,33)14-17-10-16-12-34-13-20(16)35-17/h4-5,15-17,20,23H,2-3,6-14H2,1H3,(H,29,31)/t15-,16-,17-,20+,23+/m0/s1. The topological polar surface area (TPSA) is 84.9 Å². The lowest BCUT2D eigenvalue weighted by Gasteiger charge is -2.36. The van der Waals surface area contributed by atoms with Gasteiger partial charge in [0.15, 0.2) is 0 Å². The molecule has 1 aromatic rings. The van der Waals surface area contributed by atoms with Crippen molar-refractivity contribution in [2.45, 2.75) is 63.7 Å². The van der Waals surface area contributed by atoms with E-state index in [0.29, 0.717) is 26.1 Å².